The molecule has 1 saturated heterocycles. The van der Waals surface area contributed by atoms with Crippen molar-refractivity contribution >= 4 is 5.69 Å². The number of nitrogens with one attached hydrogen (secondary N) is 2. The molecule has 5 rings (SSSR count). The highest BCUT2D eigenvalue weighted by Gasteiger charge is 2.16. The molecule has 0 amide bonds. The molecule has 204 valence electrons. The van der Waals surface area contributed by atoms with Crippen LogP contribution in [0.2, 0.25) is 0 Å². The zero-order chi connectivity index (χ0) is 27.2. The Bertz CT molecular complexity index is 1380. The summed E-state index contributed by atoms with van der Waals surface area (Å²) in [5.41, 5.74) is 8.62. The number of H-pyrrole nitrogens is 1. The first kappa shape index (κ1) is 26.8. The van der Waals surface area contributed by atoms with Crippen molar-refractivity contribution in [3.63, 3.8) is 0 Å². The second kappa shape index (κ2) is 12.4. The van der Waals surface area contributed by atoms with Crippen LogP contribution in [0.3, 0.4) is 0 Å². The van der Waals surface area contributed by atoms with Crippen LogP contribution in [-0.4, -0.2) is 40.4 Å². The lowest BCUT2D eigenvalue weighted by atomic mass is 9.90. The van der Waals surface area contributed by atoms with Gasteiger partial charge in [-0.15, -0.1) is 10.2 Å². The van der Waals surface area contributed by atoms with Crippen molar-refractivity contribution in [2.45, 2.75) is 53.0 Å². The normalized spacial score (nSPS) is 13.9. The van der Waals surface area contributed by atoms with E-state index in [4.69, 9.17) is 9.47 Å². The van der Waals surface area contributed by atoms with E-state index in [-0.39, 0.29) is 5.82 Å². The maximum atomic E-state index is 14.7. The third kappa shape index (κ3) is 6.63. The highest BCUT2D eigenvalue weighted by Crippen LogP contribution is 2.34. The second-order valence-electron chi connectivity index (χ2n) is 10.4. The van der Waals surface area contributed by atoms with Crippen LogP contribution in [0.15, 0.2) is 48.5 Å². The van der Waals surface area contributed by atoms with Crippen molar-refractivity contribution in [3.05, 3.63) is 88.0 Å². The monoisotopic (exact) mass is 529 g/mol. The lowest BCUT2D eigenvalue weighted by Gasteiger charge is -2.23. The largest absolute Gasteiger partial charge is 0.493 e. The van der Waals surface area contributed by atoms with Crippen LogP contribution in [0.25, 0.3) is 11.1 Å². The van der Waals surface area contributed by atoms with Crippen molar-refractivity contribution in [2.75, 3.05) is 25.1 Å². The number of hydrogen-bond acceptors (Lipinski definition) is 6. The maximum Gasteiger partial charge on any atom is 0.174 e. The van der Waals surface area contributed by atoms with Gasteiger partial charge in [-0.25, -0.2) is 4.39 Å². The maximum absolute atomic E-state index is 14.7. The van der Waals surface area contributed by atoms with E-state index in [1.807, 2.05) is 12.1 Å². The van der Waals surface area contributed by atoms with E-state index < -0.39 is 0 Å². The fourth-order valence-electron chi connectivity index (χ4n) is 5.30. The Morgan fingerprint density at radius 2 is 1.79 bits per heavy atom. The molecule has 1 aliphatic heterocycles. The van der Waals surface area contributed by atoms with Gasteiger partial charge in [0, 0.05) is 31.9 Å². The standard InChI is InChI=1S/C31H36FN5O2/c1-20-15-27(39-19-23-11-13-38-14-12-23)16-21(2)31(20)28-6-4-5-25(22(28)3)18-33-26-9-7-24(29(32)17-26)8-10-30-34-36-37-35-30/h4-7,9,15-17,23,33H,8,10-14,18-19H2,1-3H3,(H,34,35,36,37). The van der Waals surface area contributed by atoms with E-state index in [9.17, 15) is 4.39 Å². The molecule has 0 radical (unpaired) electrons. The third-order valence-corrected chi connectivity index (χ3v) is 7.59. The number of aryl methyl sites for hydroxylation is 4. The van der Waals surface area contributed by atoms with Crippen molar-refractivity contribution in [2.24, 2.45) is 5.92 Å². The number of ether oxygens (including phenoxy) is 2. The molecule has 39 heavy (non-hydrogen) atoms. The molecule has 0 bridgehead atoms. The summed E-state index contributed by atoms with van der Waals surface area (Å²) in [6.07, 6.45) is 3.18. The van der Waals surface area contributed by atoms with Crippen LogP contribution in [0.5, 0.6) is 5.75 Å². The summed E-state index contributed by atoms with van der Waals surface area (Å²) in [7, 11) is 0. The predicted molar refractivity (Wildman–Crippen MR) is 150 cm³/mol. The molecule has 0 atom stereocenters. The quantitative estimate of drug-likeness (QED) is 0.257. The van der Waals surface area contributed by atoms with Crippen molar-refractivity contribution in [3.8, 4) is 16.9 Å². The highest BCUT2D eigenvalue weighted by atomic mass is 19.1. The van der Waals surface area contributed by atoms with E-state index >= 15 is 0 Å². The highest BCUT2D eigenvalue weighted by molar-refractivity contribution is 5.75. The number of aromatic nitrogens is 4. The number of nitrogens with zero attached hydrogens (tertiary/aromatic N) is 3. The molecule has 3 aromatic carbocycles. The molecule has 2 N–H and O–H groups in total. The zero-order valence-corrected chi connectivity index (χ0v) is 22.9. The number of aromatic amines is 1. The molecule has 0 spiro atoms. The predicted octanol–water partition coefficient (Wildman–Crippen LogP) is 6.13. The Labute approximate surface area is 229 Å². The Morgan fingerprint density at radius 1 is 1.00 bits per heavy atom. The third-order valence-electron chi connectivity index (χ3n) is 7.59. The van der Waals surface area contributed by atoms with E-state index in [2.05, 4.69) is 77.0 Å². The van der Waals surface area contributed by atoms with Gasteiger partial charge in [0.2, 0.25) is 0 Å². The van der Waals surface area contributed by atoms with Crippen LogP contribution < -0.4 is 10.1 Å². The van der Waals surface area contributed by atoms with Gasteiger partial charge in [0.15, 0.2) is 5.82 Å². The van der Waals surface area contributed by atoms with Crippen LogP contribution in [0.1, 0.15) is 46.5 Å². The Morgan fingerprint density at radius 3 is 2.51 bits per heavy atom. The minimum Gasteiger partial charge on any atom is -0.493 e. The Hall–Kier alpha value is -3.78. The van der Waals surface area contributed by atoms with Crippen molar-refractivity contribution in [1.82, 2.24) is 20.6 Å². The minimum atomic E-state index is -0.237. The molecule has 1 aromatic heterocycles. The van der Waals surface area contributed by atoms with Gasteiger partial charge in [0.1, 0.15) is 11.6 Å². The number of tetrazole rings is 1. The molecular weight excluding hydrogens is 493 g/mol. The molecule has 2 heterocycles. The first-order valence-electron chi connectivity index (χ1n) is 13.6. The number of anilines is 1. The summed E-state index contributed by atoms with van der Waals surface area (Å²) in [5, 5.41) is 17.2. The van der Waals surface area contributed by atoms with Crippen LogP contribution >= 0.6 is 0 Å². The van der Waals surface area contributed by atoms with Crippen LogP contribution in [-0.2, 0) is 24.1 Å². The molecule has 1 aliphatic rings. The lowest BCUT2D eigenvalue weighted by Crippen LogP contribution is -2.21. The number of halogens is 1. The van der Waals surface area contributed by atoms with E-state index in [0.717, 1.165) is 44.1 Å². The summed E-state index contributed by atoms with van der Waals surface area (Å²) in [6.45, 7) is 9.46. The minimum absolute atomic E-state index is 0.237. The SMILES string of the molecule is Cc1cc(OCC2CCOCC2)cc(C)c1-c1cccc(CNc2ccc(CCc3nn[nH]n3)c(F)c2)c1C. The molecule has 4 aromatic rings. The summed E-state index contributed by atoms with van der Waals surface area (Å²) >= 11 is 0. The Kier molecular flexibility index (Phi) is 8.51. The summed E-state index contributed by atoms with van der Waals surface area (Å²) in [4.78, 5) is 0. The fraction of sp³-hybridized carbons (Fsp3) is 0.387. The average Bonchev–Trinajstić information content (AvgIpc) is 3.46. The summed E-state index contributed by atoms with van der Waals surface area (Å²) in [6, 6.07) is 16.0. The van der Waals surface area contributed by atoms with Gasteiger partial charge in [-0.05, 0) is 109 Å². The smallest absolute Gasteiger partial charge is 0.174 e. The first-order chi connectivity index (χ1) is 19.0. The number of benzene rings is 3. The van der Waals surface area contributed by atoms with Gasteiger partial charge in [-0.3, -0.25) is 0 Å². The van der Waals surface area contributed by atoms with Crippen molar-refractivity contribution in [1.29, 1.82) is 0 Å². The van der Waals surface area contributed by atoms with Gasteiger partial charge in [0.25, 0.3) is 0 Å². The van der Waals surface area contributed by atoms with Crippen LogP contribution in [0.4, 0.5) is 10.1 Å². The fourth-order valence-corrected chi connectivity index (χ4v) is 5.30. The van der Waals surface area contributed by atoms with Gasteiger partial charge < -0.3 is 14.8 Å². The summed E-state index contributed by atoms with van der Waals surface area (Å²) in [5.74, 6) is 1.83. The van der Waals surface area contributed by atoms with Crippen molar-refractivity contribution < 1.29 is 13.9 Å². The van der Waals surface area contributed by atoms with Gasteiger partial charge >= 0.3 is 0 Å². The van der Waals surface area contributed by atoms with E-state index in [1.165, 1.54) is 33.4 Å². The van der Waals surface area contributed by atoms with E-state index in [0.29, 0.717) is 36.7 Å². The van der Waals surface area contributed by atoms with E-state index in [1.54, 1.807) is 6.07 Å². The lowest BCUT2D eigenvalue weighted by molar-refractivity contribution is 0.0497. The Balaban J connectivity index is 1.25. The number of hydrogen-bond donors (Lipinski definition) is 2. The van der Waals surface area contributed by atoms with Gasteiger partial charge in [-0.2, -0.15) is 5.21 Å². The topological polar surface area (TPSA) is 85.0 Å². The summed E-state index contributed by atoms with van der Waals surface area (Å²) < 4.78 is 26.4. The first-order valence-corrected chi connectivity index (χ1v) is 13.6. The molecule has 7 nitrogen and oxygen atoms in total. The molecule has 8 heteroatoms. The average molecular weight is 530 g/mol. The molecule has 0 unspecified atom stereocenters. The zero-order valence-electron chi connectivity index (χ0n) is 22.9. The van der Waals surface area contributed by atoms with Gasteiger partial charge in [0.05, 0.1) is 6.61 Å². The number of rotatable bonds is 10. The van der Waals surface area contributed by atoms with Crippen LogP contribution in [0, 0.1) is 32.5 Å². The van der Waals surface area contributed by atoms with Gasteiger partial charge in [-0.1, -0.05) is 29.5 Å². The molecule has 1 fully saturated rings. The molecule has 0 aliphatic carbocycles. The molecular formula is C31H36FN5O2. The second-order valence-corrected chi connectivity index (χ2v) is 10.4. The molecule has 0 saturated carbocycles.